The predicted octanol–water partition coefficient (Wildman–Crippen LogP) is 1.40. The molecular weight excluding hydrogens is 218 g/mol. The largest absolute Gasteiger partial charge is 0.508 e. The fourth-order valence-electron chi connectivity index (χ4n) is 1.31. The standard InChI is InChI=1S/C12H13N3O2/c1-13-8-17-11-6-14-12(15-7-11)9-2-4-10(16)5-3-9/h2-7,13,16H,8H2,1H3. The van der Waals surface area contributed by atoms with E-state index in [1.54, 1.807) is 43.7 Å². The van der Waals surface area contributed by atoms with Crippen LogP contribution in [0.5, 0.6) is 11.5 Å². The normalized spacial score (nSPS) is 10.2. The van der Waals surface area contributed by atoms with Crippen molar-refractivity contribution < 1.29 is 9.84 Å². The highest BCUT2D eigenvalue weighted by atomic mass is 16.5. The van der Waals surface area contributed by atoms with Gasteiger partial charge in [-0.25, -0.2) is 9.97 Å². The summed E-state index contributed by atoms with van der Waals surface area (Å²) in [4.78, 5) is 8.37. The van der Waals surface area contributed by atoms with E-state index in [-0.39, 0.29) is 5.75 Å². The van der Waals surface area contributed by atoms with E-state index >= 15 is 0 Å². The number of hydrogen-bond acceptors (Lipinski definition) is 5. The first-order valence-corrected chi connectivity index (χ1v) is 5.18. The van der Waals surface area contributed by atoms with Crippen LogP contribution < -0.4 is 10.1 Å². The first-order valence-electron chi connectivity index (χ1n) is 5.18. The summed E-state index contributed by atoms with van der Waals surface area (Å²) in [7, 11) is 1.80. The topological polar surface area (TPSA) is 67.3 Å². The van der Waals surface area contributed by atoms with Crippen molar-refractivity contribution in [1.82, 2.24) is 15.3 Å². The van der Waals surface area contributed by atoms with Crippen molar-refractivity contribution in [3.63, 3.8) is 0 Å². The zero-order valence-electron chi connectivity index (χ0n) is 9.42. The molecule has 0 amide bonds. The summed E-state index contributed by atoms with van der Waals surface area (Å²) in [6.45, 7) is 0.419. The first kappa shape index (κ1) is 11.3. The number of phenolic OH excluding ortho intramolecular Hbond substituents is 1. The molecule has 17 heavy (non-hydrogen) atoms. The van der Waals surface area contributed by atoms with Gasteiger partial charge in [-0.15, -0.1) is 0 Å². The predicted molar refractivity (Wildman–Crippen MR) is 63.7 cm³/mol. The lowest BCUT2D eigenvalue weighted by Gasteiger charge is -2.05. The van der Waals surface area contributed by atoms with Crippen LogP contribution in [0.3, 0.4) is 0 Å². The van der Waals surface area contributed by atoms with E-state index in [0.29, 0.717) is 18.3 Å². The molecule has 1 aromatic carbocycles. The van der Waals surface area contributed by atoms with E-state index in [0.717, 1.165) is 5.56 Å². The van der Waals surface area contributed by atoms with Crippen LogP contribution in [0.15, 0.2) is 36.7 Å². The van der Waals surface area contributed by atoms with Crippen LogP contribution in [0.25, 0.3) is 11.4 Å². The Labute approximate surface area is 99.1 Å². The molecule has 0 atom stereocenters. The van der Waals surface area contributed by atoms with Gasteiger partial charge in [-0.1, -0.05) is 0 Å². The lowest BCUT2D eigenvalue weighted by Crippen LogP contribution is -2.14. The maximum atomic E-state index is 9.18. The van der Waals surface area contributed by atoms with E-state index < -0.39 is 0 Å². The van der Waals surface area contributed by atoms with Gasteiger partial charge in [0.25, 0.3) is 0 Å². The fourth-order valence-corrected chi connectivity index (χ4v) is 1.31. The number of aromatic hydroxyl groups is 1. The third kappa shape index (κ3) is 2.92. The summed E-state index contributed by atoms with van der Waals surface area (Å²) in [6, 6.07) is 6.73. The molecule has 1 aromatic heterocycles. The molecule has 0 unspecified atom stereocenters. The number of rotatable bonds is 4. The molecule has 5 nitrogen and oxygen atoms in total. The maximum Gasteiger partial charge on any atom is 0.159 e. The fraction of sp³-hybridized carbons (Fsp3) is 0.167. The Morgan fingerprint density at radius 3 is 2.41 bits per heavy atom. The second-order valence-electron chi connectivity index (χ2n) is 3.43. The van der Waals surface area contributed by atoms with Gasteiger partial charge in [0.15, 0.2) is 11.6 Å². The molecule has 0 bridgehead atoms. The van der Waals surface area contributed by atoms with Crippen LogP contribution in [0.4, 0.5) is 0 Å². The van der Waals surface area contributed by atoms with E-state index in [1.807, 2.05) is 0 Å². The van der Waals surface area contributed by atoms with Crippen molar-refractivity contribution in [3.8, 4) is 22.9 Å². The molecule has 2 rings (SSSR count). The van der Waals surface area contributed by atoms with Gasteiger partial charge in [-0.3, -0.25) is 5.32 Å². The quantitative estimate of drug-likeness (QED) is 0.779. The minimum atomic E-state index is 0.225. The minimum absolute atomic E-state index is 0.225. The molecule has 5 heteroatoms. The number of nitrogens with one attached hydrogen (secondary N) is 1. The maximum absolute atomic E-state index is 9.18. The van der Waals surface area contributed by atoms with Gasteiger partial charge >= 0.3 is 0 Å². The number of phenols is 1. The van der Waals surface area contributed by atoms with Crippen molar-refractivity contribution >= 4 is 0 Å². The second-order valence-corrected chi connectivity index (χ2v) is 3.43. The van der Waals surface area contributed by atoms with Gasteiger partial charge in [-0.05, 0) is 31.3 Å². The Hall–Kier alpha value is -2.14. The summed E-state index contributed by atoms with van der Waals surface area (Å²) < 4.78 is 5.29. The average Bonchev–Trinajstić information content (AvgIpc) is 2.38. The first-order chi connectivity index (χ1) is 8.29. The SMILES string of the molecule is CNCOc1cnc(-c2ccc(O)cc2)nc1. The second kappa shape index (κ2) is 5.27. The Balaban J connectivity index is 2.14. The van der Waals surface area contributed by atoms with Crippen LogP contribution in [-0.4, -0.2) is 28.9 Å². The molecule has 1 heterocycles. The van der Waals surface area contributed by atoms with Gasteiger partial charge in [0.2, 0.25) is 0 Å². The Morgan fingerprint density at radius 2 is 1.82 bits per heavy atom. The van der Waals surface area contributed by atoms with Crippen LogP contribution >= 0.6 is 0 Å². The van der Waals surface area contributed by atoms with Crippen molar-refractivity contribution in [2.45, 2.75) is 0 Å². The molecule has 0 radical (unpaired) electrons. The number of benzene rings is 1. The van der Waals surface area contributed by atoms with E-state index in [2.05, 4.69) is 15.3 Å². The molecule has 2 aromatic rings. The smallest absolute Gasteiger partial charge is 0.159 e. The molecule has 0 aliphatic carbocycles. The van der Waals surface area contributed by atoms with Crippen LogP contribution in [0.1, 0.15) is 0 Å². The summed E-state index contributed by atoms with van der Waals surface area (Å²) in [5.74, 6) is 1.44. The molecular formula is C12H13N3O2. The molecule has 0 saturated heterocycles. The van der Waals surface area contributed by atoms with Gasteiger partial charge in [0, 0.05) is 5.56 Å². The highest BCUT2D eigenvalue weighted by Gasteiger charge is 2.01. The molecule has 88 valence electrons. The van der Waals surface area contributed by atoms with Crippen LogP contribution in [-0.2, 0) is 0 Å². The average molecular weight is 231 g/mol. The summed E-state index contributed by atoms with van der Waals surface area (Å²) in [6.07, 6.45) is 3.24. The van der Waals surface area contributed by atoms with Crippen LogP contribution in [0, 0.1) is 0 Å². The lowest BCUT2D eigenvalue weighted by molar-refractivity contribution is 0.294. The molecule has 0 aliphatic heterocycles. The van der Waals surface area contributed by atoms with Crippen molar-refractivity contribution in [3.05, 3.63) is 36.7 Å². The van der Waals surface area contributed by atoms with Gasteiger partial charge in [-0.2, -0.15) is 0 Å². The number of hydrogen-bond donors (Lipinski definition) is 2. The lowest BCUT2D eigenvalue weighted by atomic mass is 10.2. The van der Waals surface area contributed by atoms with Crippen molar-refractivity contribution in [2.75, 3.05) is 13.8 Å². The minimum Gasteiger partial charge on any atom is -0.508 e. The zero-order chi connectivity index (χ0) is 12.1. The summed E-state index contributed by atoms with van der Waals surface area (Å²) in [5.41, 5.74) is 0.850. The number of nitrogens with zero attached hydrogens (tertiary/aromatic N) is 2. The number of aromatic nitrogens is 2. The highest BCUT2D eigenvalue weighted by Crippen LogP contribution is 2.19. The summed E-state index contributed by atoms with van der Waals surface area (Å²) >= 11 is 0. The molecule has 0 saturated carbocycles. The van der Waals surface area contributed by atoms with Gasteiger partial charge < -0.3 is 9.84 Å². The monoisotopic (exact) mass is 231 g/mol. The van der Waals surface area contributed by atoms with E-state index in [1.165, 1.54) is 0 Å². The van der Waals surface area contributed by atoms with Gasteiger partial charge in [0.05, 0.1) is 12.4 Å². The molecule has 0 aliphatic rings. The summed E-state index contributed by atoms with van der Waals surface area (Å²) in [5, 5.41) is 12.0. The highest BCUT2D eigenvalue weighted by molar-refractivity contribution is 5.55. The van der Waals surface area contributed by atoms with Crippen LogP contribution in [0.2, 0.25) is 0 Å². The van der Waals surface area contributed by atoms with Crippen molar-refractivity contribution in [2.24, 2.45) is 0 Å². The Bertz CT molecular complexity index is 468. The third-order valence-electron chi connectivity index (χ3n) is 2.14. The molecule has 0 spiro atoms. The zero-order valence-corrected chi connectivity index (χ0v) is 9.42. The van der Waals surface area contributed by atoms with E-state index in [9.17, 15) is 5.11 Å². The molecule has 2 N–H and O–H groups in total. The van der Waals surface area contributed by atoms with Crippen molar-refractivity contribution in [1.29, 1.82) is 0 Å². The molecule has 0 fully saturated rings. The van der Waals surface area contributed by atoms with E-state index in [4.69, 9.17) is 4.74 Å². The Kier molecular flexibility index (Phi) is 3.52. The van der Waals surface area contributed by atoms with Gasteiger partial charge in [0.1, 0.15) is 12.5 Å². The number of ether oxygens (including phenoxy) is 1. The third-order valence-corrected chi connectivity index (χ3v) is 2.14. The Morgan fingerprint density at radius 1 is 1.18 bits per heavy atom.